The molecule has 3 rings (SSSR count). The summed E-state index contributed by atoms with van der Waals surface area (Å²) in [6.45, 7) is 2.17. The van der Waals surface area contributed by atoms with Crippen LogP contribution in [0.1, 0.15) is 12.6 Å². The van der Waals surface area contributed by atoms with Crippen molar-refractivity contribution in [2.24, 2.45) is 5.73 Å². The number of benzene rings is 2. The second-order valence-corrected chi connectivity index (χ2v) is 6.34. The largest absolute Gasteiger partial charge is 0.497 e. The predicted octanol–water partition coefficient (Wildman–Crippen LogP) is 4.29. The Morgan fingerprint density at radius 1 is 1.04 bits per heavy atom. The summed E-state index contributed by atoms with van der Waals surface area (Å²) in [5.74, 6) is 1.19. The Labute approximate surface area is 160 Å². The molecule has 0 bridgehead atoms. The summed E-state index contributed by atoms with van der Waals surface area (Å²) in [5, 5.41) is 3.77. The van der Waals surface area contributed by atoms with Gasteiger partial charge in [0.15, 0.2) is 5.69 Å². The Kier molecular flexibility index (Phi) is 5.60. The number of nitrogens with two attached hydrogens (primary N) is 1. The maximum Gasteiger partial charge on any atom is 0.435 e. The van der Waals surface area contributed by atoms with Crippen LogP contribution in [0.15, 0.2) is 54.6 Å². The van der Waals surface area contributed by atoms with Gasteiger partial charge in [-0.05, 0) is 61.5 Å². The average molecular weight is 391 g/mol. The zero-order chi connectivity index (χ0) is 20.3. The van der Waals surface area contributed by atoms with Crippen molar-refractivity contribution in [3.63, 3.8) is 0 Å². The number of halogens is 3. The number of nitrogens with zero attached hydrogens (tertiary/aromatic N) is 2. The lowest BCUT2D eigenvalue weighted by atomic mass is 10.1. The Bertz CT molecular complexity index is 917. The van der Waals surface area contributed by atoms with Crippen LogP contribution in [0.4, 0.5) is 13.2 Å². The molecule has 2 aromatic carbocycles. The summed E-state index contributed by atoms with van der Waals surface area (Å²) in [4.78, 5) is 0. The molecule has 0 unspecified atom stereocenters. The summed E-state index contributed by atoms with van der Waals surface area (Å²) < 4.78 is 51.6. The van der Waals surface area contributed by atoms with Crippen molar-refractivity contribution < 1.29 is 22.6 Å². The SMILES string of the molecule is COc1ccc(-n2nc(C(F)(F)F)cc2-c2ccc(OC[C@@H](C)N)cc2)cc1. The number of rotatable bonds is 6. The number of alkyl halides is 3. The third kappa shape index (κ3) is 4.45. The molecule has 0 aliphatic rings. The number of hydrogen-bond acceptors (Lipinski definition) is 4. The highest BCUT2D eigenvalue weighted by Crippen LogP contribution is 2.34. The average Bonchev–Trinajstić information content (AvgIpc) is 3.13. The van der Waals surface area contributed by atoms with E-state index >= 15 is 0 Å². The lowest BCUT2D eigenvalue weighted by Gasteiger charge is -2.11. The fraction of sp³-hybridized carbons (Fsp3) is 0.250. The van der Waals surface area contributed by atoms with Crippen LogP contribution in [0.2, 0.25) is 0 Å². The number of aromatic nitrogens is 2. The maximum atomic E-state index is 13.2. The minimum Gasteiger partial charge on any atom is -0.497 e. The molecule has 0 saturated carbocycles. The lowest BCUT2D eigenvalue weighted by Crippen LogP contribution is -2.23. The van der Waals surface area contributed by atoms with Crippen LogP contribution < -0.4 is 15.2 Å². The van der Waals surface area contributed by atoms with Gasteiger partial charge in [-0.3, -0.25) is 0 Å². The van der Waals surface area contributed by atoms with Gasteiger partial charge < -0.3 is 15.2 Å². The number of hydrogen-bond donors (Lipinski definition) is 1. The Morgan fingerprint density at radius 3 is 2.18 bits per heavy atom. The topological polar surface area (TPSA) is 62.3 Å². The first kappa shape index (κ1) is 19.8. The monoisotopic (exact) mass is 391 g/mol. The second kappa shape index (κ2) is 7.93. The first-order valence-electron chi connectivity index (χ1n) is 8.58. The third-order valence-corrected chi connectivity index (χ3v) is 3.98. The van der Waals surface area contributed by atoms with E-state index in [0.717, 1.165) is 6.07 Å². The molecule has 1 aromatic heterocycles. The first-order chi connectivity index (χ1) is 13.3. The van der Waals surface area contributed by atoms with Crippen molar-refractivity contribution in [2.45, 2.75) is 19.1 Å². The van der Waals surface area contributed by atoms with E-state index in [1.807, 2.05) is 6.92 Å². The molecule has 0 radical (unpaired) electrons. The summed E-state index contributed by atoms with van der Waals surface area (Å²) in [5.41, 5.74) is 6.08. The normalized spacial score (nSPS) is 12.6. The summed E-state index contributed by atoms with van der Waals surface area (Å²) >= 11 is 0. The third-order valence-electron chi connectivity index (χ3n) is 3.98. The molecule has 0 aliphatic heterocycles. The van der Waals surface area contributed by atoms with Crippen LogP contribution in [-0.2, 0) is 6.18 Å². The van der Waals surface area contributed by atoms with Crippen LogP contribution in [0.3, 0.4) is 0 Å². The van der Waals surface area contributed by atoms with Crippen molar-refractivity contribution in [1.82, 2.24) is 9.78 Å². The van der Waals surface area contributed by atoms with Crippen LogP contribution in [-0.4, -0.2) is 29.5 Å². The van der Waals surface area contributed by atoms with Gasteiger partial charge in [-0.25, -0.2) is 4.68 Å². The molecule has 3 aromatic rings. The van der Waals surface area contributed by atoms with E-state index in [-0.39, 0.29) is 6.04 Å². The molecule has 28 heavy (non-hydrogen) atoms. The molecule has 1 heterocycles. The van der Waals surface area contributed by atoms with E-state index in [2.05, 4.69) is 5.10 Å². The van der Waals surface area contributed by atoms with Gasteiger partial charge in [-0.1, -0.05) is 0 Å². The lowest BCUT2D eigenvalue weighted by molar-refractivity contribution is -0.141. The quantitative estimate of drug-likeness (QED) is 0.681. The molecular weight excluding hydrogens is 371 g/mol. The zero-order valence-corrected chi connectivity index (χ0v) is 15.4. The Morgan fingerprint density at radius 2 is 1.64 bits per heavy atom. The van der Waals surface area contributed by atoms with Crippen molar-refractivity contribution in [3.05, 3.63) is 60.3 Å². The van der Waals surface area contributed by atoms with E-state index in [1.165, 1.54) is 11.8 Å². The maximum absolute atomic E-state index is 13.2. The van der Waals surface area contributed by atoms with Crippen LogP contribution in [0.25, 0.3) is 16.9 Å². The second-order valence-electron chi connectivity index (χ2n) is 6.34. The summed E-state index contributed by atoms with van der Waals surface area (Å²) in [6, 6.07) is 14.3. The highest BCUT2D eigenvalue weighted by molar-refractivity contribution is 5.64. The fourth-order valence-corrected chi connectivity index (χ4v) is 2.60. The van der Waals surface area contributed by atoms with Gasteiger partial charge >= 0.3 is 6.18 Å². The Hall–Kier alpha value is -3.00. The number of methoxy groups -OCH3 is 1. The van der Waals surface area contributed by atoms with E-state index in [0.29, 0.717) is 35.1 Å². The van der Waals surface area contributed by atoms with Gasteiger partial charge in [0.05, 0.1) is 18.5 Å². The fourth-order valence-electron chi connectivity index (χ4n) is 2.60. The highest BCUT2D eigenvalue weighted by Gasteiger charge is 2.35. The van der Waals surface area contributed by atoms with E-state index < -0.39 is 11.9 Å². The smallest absolute Gasteiger partial charge is 0.435 e. The van der Waals surface area contributed by atoms with Crippen LogP contribution in [0.5, 0.6) is 11.5 Å². The van der Waals surface area contributed by atoms with Crippen molar-refractivity contribution in [1.29, 1.82) is 0 Å². The van der Waals surface area contributed by atoms with E-state index in [4.69, 9.17) is 15.2 Å². The van der Waals surface area contributed by atoms with Gasteiger partial charge in [0.1, 0.15) is 18.1 Å². The zero-order valence-electron chi connectivity index (χ0n) is 15.4. The molecule has 0 saturated heterocycles. The molecular formula is C20H20F3N3O2. The van der Waals surface area contributed by atoms with Gasteiger partial charge in [0.25, 0.3) is 0 Å². The van der Waals surface area contributed by atoms with Crippen LogP contribution in [0, 0.1) is 0 Å². The van der Waals surface area contributed by atoms with Gasteiger partial charge in [0, 0.05) is 11.6 Å². The molecule has 0 spiro atoms. The van der Waals surface area contributed by atoms with E-state index in [1.54, 1.807) is 48.5 Å². The standard InChI is InChI=1S/C20H20F3N3O2/c1-13(24)12-28-17-7-3-14(4-8-17)18-11-19(20(21,22)23)25-26(18)15-5-9-16(27-2)10-6-15/h3-11,13H,12,24H2,1-2H3/t13-/m1/s1. The van der Waals surface area contributed by atoms with E-state index in [9.17, 15) is 13.2 Å². The molecule has 1 atom stereocenters. The molecule has 2 N–H and O–H groups in total. The van der Waals surface area contributed by atoms with Crippen molar-refractivity contribution in [3.8, 4) is 28.4 Å². The highest BCUT2D eigenvalue weighted by atomic mass is 19.4. The summed E-state index contributed by atoms with van der Waals surface area (Å²) in [6.07, 6.45) is -4.55. The minimum atomic E-state index is -4.55. The Balaban J connectivity index is 2.00. The molecule has 0 fully saturated rings. The first-order valence-corrected chi connectivity index (χ1v) is 8.58. The molecule has 0 aliphatic carbocycles. The minimum absolute atomic E-state index is 0.120. The molecule has 0 amide bonds. The predicted molar refractivity (Wildman–Crippen MR) is 99.7 cm³/mol. The molecule has 148 valence electrons. The van der Waals surface area contributed by atoms with Crippen molar-refractivity contribution >= 4 is 0 Å². The molecule has 5 nitrogen and oxygen atoms in total. The molecule has 8 heteroatoms. The van der Waals surface area contributed by atoms with Gasteiger partial charge in [-0.15, -0.1) is 0 Å². The van der Waals surface area contributed by atoms with Gasteiger partial charge in [-0.2, -0.15) is 18.3 Å². The summed E-state index contributed by atoms with van der Waals surface area (Å²) in [7, 11) is 1.52. The number of ether oxygens (including phenoxy) is 2. The van der Waals surface area contributed by atoms with Crippen LogP contribution >= 0.6 is 0 Å². The van der Waals surface area contributed by atoms with Gasteiger partial charge in [0.2, 0.25) is 0 Å². The van der Waals surface area contributed by atoms with Crippen molar-refractivity contribution in [2.75, 3.05) is 13.7 Å².